The molecule has 3 aromatic rings. The zero-order valence-electron chi connectivity index (χ0n) is 21.0. The van der Waals surface area contributed by atoms with Crippen LogP contribution < -0.4 is 14.4 Å². The van der Waals surface area contributed by atoms with Gasteiger partial charge in [0.25, 0.3) is 15.9 Å². The van der Waals surface area contributed by atoms with Crippen molar-refractivity contribution in [2.75, 3.05) is 10.8 Å². The number of benzene rings is 3. The summed E-state index contributed by atoms with van der Waals surface area (Å²) < 4.78 is 34.7. The normalized spacial score (nSPS) is 18.0. The average molecular weight is 505 g/mol. The van der Waals surface area contributed by atoms with E-state index in [-0.39, 0.29) is 23.4 Å². The van der Waals surface area contributed by atoms with E-state index in [9.17, 15) is 13.2 Å². The molecule has 6 nitrogen and oxygen atoms in total. The van der Waals surface area contributed by atoms with E-state index in [2.05, 4.69) is 23.5 Å². The van der Waals surface area contributed by atoms with Crippen LogP contribution in [0.2, 0.25) is 0 Å². The van der Waals surface area contributed by atoms with Gasteiger partial charge < -0.3 is 10.1 Å². The van der Waals surface area contributed by atoms with Crippen LogP contribution in [0, 0.1) is 13.8 Å². The second-order valence-corrected chi connectivity index (χ2v) is 11.8. The first-order chi connectivity index (χ1) is 17.2. The number of sulfonamides is 1. The molecule has 0 aromatic heterocycles. The molecule has 0 unspecified atom stereocenters. The largest absolute Gasteiger partial charge is 0.476 e. The molecule has 0 spiro atoms. The molecule has 2 atom stereocenters. The molecule has 3 aromatic carbocycles. The topological polar surface area (TPSA) is 75.7 Å². The fourth-order valence-electron chi connectivity index (χ4n) is 4.98. The SMILES string of the molecule is Cc1ccc(S(=O)(=O)N2C[C@@H](C(=O)N[C@@H](C)c3ccc4c(c3)CCCC4)Oc3ccc(C)cc32)cc1. The van der Waals surface area contributed by atoms with E-state index in [0.717, 1.165) is 29.5 Å². The van der Waals surface area contributed by atoms with Gasteiger partial charge in [0.15, 0.2) is 6.10 Å². The van der Waals surface area contributed by atoms with Gasteiger partial charge in [-0.25, -0.2) is 8.42 Å². The van der Waals surface area contributed by atoms with Crippen LogP contribution in [0.4, 0.5) is 5.69 Å². The number of aryl methyl sites for hydroxylation is 4. The monoisotopic (exact) mass is 504 g/mol. The van der Waals surface area contributed by atoms with Crippen LogP contribution >= 0.6 is 0 Å². The third-order valence-corrected chi connectivity index (χ3v) is 8.91. The van der Waals surface area contributed by atoms with Gasteiger partial charge in [-0.2, -0.15) is 0 Å². The number of anilines is 1. The van der Waals surface area contributed by atoms with Gasteiger partial charge in [-0.15, -0.1) is 0 Å². The molecule has 188 valence electrons. The molecule has 0 radical (unpaired) electrons. The second-order valence-electron chi connectivity index (χ2n) is 9.89. The van der Waals surface area contributed by atoms with Crippen LogP contribution in [0.15, 0.2) is 65.6 Å². The smallest absolute Gasteiger partial charge is 0.264 e. The molecule has 5 rings (SSSR count). The number of fused-ring (bicyclic) bond motifs is 2. The van der Waals surface area contributed by atoms with E-state index in [1.807, 2.05) is 26.8 Å². The van der Waals surface area contributed by atoms with Crippen molar-refractivity contribution in [2.45, 2.75) is 63.5 Å². The highest BCUT2D eigenvalue weighted by Crippen LogP contribution is 2.38. The highest BCUT2D eigenvalue weighted by atomic mass is 32.2. The molecule has 36 heavy (non-hydrogen) atoms. The standard InChI is InChI=1S/C29H32N2O4S/c1-19-8-13-25(14-9-19)36(33,34)31-18-28(35-27-15-10-20(2)16-26(27)31)29(32)30-21(3)23-12-11-22-6-4-5-7-24(22)17-23/h8-17,21,28H,4-7,18H2,1-3H3,(H,30,32)/t21-,28-/m0/s1. The first kappa shape index (κ1) is 24.4. The fraction of sp³-hybridized carbons (Fsp3) is 0.345. The number of nitrogens with zero attached hydrogens (tertiary/aromatic N) is 1. The van der Waals surface area contributed by atoms with Crippen molar-refractivity contribution in [1.29, 1.82) is 0 Å². The summed E-state index contributed by atoms with van der Waals surface area (Å²) in [5, 5.41) is 3.05. The van der Waals surface area contributed by atoms with Gasteiger partial charge in [0, 0.05) is 0 Å². The van der Waals surface area contributed by atoms with E-state index in [4.69, 9.17) is 4.74 Å². The molecular weight excluding hydrogens is 472 g/mol. The van der Waals surface area contributed by atoms with Gasteiger partial charge in [0.1, 0.15) is 5.75 Å². The summed E-state index contributed by atoms with van der Waals surface area (Å²) >= 11 is 0. The summed E-state index contributed by atoms with van der Waals surface area (Å²) in [6.45, 7) is 5.66. The second kappa shape index (κ2) is 9.62. The predicted molar refractivity (Wildman–Crippen MR) is 141 cm³/mol. The summed E-state index contributed by atoms with van der Waals surface area (Å²) in [6, 6.07) is 18.3. The van der Waals surface area contributed by atoms with Gasteiger partial charge in [-0.3, -0.25) is 9.10 Å². The van der Waals surface area contributed by atoms with E-state index in [1.165, 1.54) is 28.3 Å². The average Bonchev–Trinajstić information content (AvgIpc) is 2.87. The first-order valence-corrected chi connectivity index (χ1v) is 14.0. The van der Waals surface area contributed by atoms with Gasteiger partial charge >= 0.3 is 0 Å². The maximum absolute atomic E-state index is 13.7. The number of amides is 1. The zero-order chi connectivity index (χ0) is 25.4. The van der Waals surface area contributed by atoms with Crippen LogP contribution in [0.25, 0.3) is 0 Å². The molecule has 1 amide bonds. The van der Waals surface area contributed by atoms with E-state index < -0.39 is 16.1 Å². The number of nitrogens with one attached hydrogen (secondary N) is 1. The van der Waals surface area contributed by atoms with E-state index in [1.54, 1.807) is 36.4 Å². The molecule has 1 N–H and O–H groups in total. The third-order valence-electron chi connectivity index (χ3n) is 7.12. The van der Waals surface area contributed by atoms with Crippen LogP contribution in [-0.2, 0) is 27.7 Å². The Morgan fingerprint density at radius 2 is 1.64 bits per heavy atom. The molecule has 2 aliphatic rings. The van der Waals surface area contributed by atoms with Crippen LogP contribution in [0.3, 0.4) is 0 Å². The maximum atomic E-state index is 13.7. The minimum atomic E-state index is -3.89. The lowest BCUT2D eigenvalue weighted by atomic mass is 9.89. The van der Waals surface area contributed by atoms with Crippen molar-refractivity contribution in [3.05, 3.63) is 88.5 Å². The number of carbonyl (C=O) groups excluding carboxylic acids is 1. The van der Waals surface area contributed by atoms with Crippen molar-refractivity contribution < 1.29 is 17.9 Å². The summed E-state index contributed by atoms with van der Waals surface area (Å²) in [5.41, 5.74) is 6.12. The molecule has 7 heteroatoms. The van der Waals surface area contributed by atoms with Gasteiger partial charge in [0.05, 0.1) is 23.2 Å². The van der Waals surface area contributed by atoms with E-state index in [0.29, 0.717) is 11.4 Å². The Balaban J connectivity index is 1.41. The Bertz CT molecular complexity index is 1400. The molecule has 0 fully saturated rings. The Morgan fingerprint density at radius 1 is 0.944 bits per heavy atom. The molecule has 0 saturated heterocycles. The highest BCUT2D eigenvalue weighted by molar-refractivity contribution is 7.92. The molecule has 1 heterocycles. The Morgan fingerprint density at radius 3 is 2.39 bits per heavy atom. The summed E-state index contributed by atoms with van der Waals surface area (Å²) in [5.74, 6) is 0.0414. The summed E-state index contributed by atoms with van der Waals surface area (Å²) in [6.07, 6.45) is 3.62. The first-order valence-electron chi connectivity index (χ1n) is 12.5. The maximum Gasteiger partial charge on any atom is 0.264 e. The predicted octanol–water partition coefficient (Wildman–Crippen LogP) is 5.02. The molecule has 0 saturated carbocycles. The van der Waals surface area contributed by atoms with E-state index >= 15 is 0 Å². The molecule has 1 aliphatic heterocycles. The Kier molecular flexibility index (Phi) is 6.51. The molecule has 0 bridgehead atoms. The van der Waals surface area contributed by atoms with Crippen molar-refractivity contribution in [3.8, 4) is 5.75 Å². The number of hydrogen-bond acceptors (Lipinski definition) is 4. The highest BCUT2D eigenvalue weighted by Gasteiger charge is 2.38. The number of rotatable bonds is 5. The van der Waals surface area contributed by atoms with Crippen molar-refractivity contribution >= 4 is 21.6 Å². The lowest BCUT2D eigenvalue weighted by Gasteiger charge is -2.35. The van der Waals surface area contributed by atoms with Crippen molar-refractivity contribution in [1.82, 2.24) is 5.32 Å². The Labute approximate surface area is 213 Å². The zero-order valence-corrected chi connectivity index (χ0v) is 21.8. The lowest BCUT2D eigenvalue weighted by molar-refractivity contribution is -0.128. The number of carbonyl (C=O) groups is 1. The number of hydrogen-bond donors (Lipinski definition) is 1. The van der Waals surface area contributed by atoms with Crippen molar-refractivity contribution in [2.24, 2.45) is 0 Å². The van der Waals surface area contributed by atoms with Gasteiger partial charge in [0.2, 0.25) is 0 Å². The van der Waals surface area contributed by atoms with Gasteiger partial charge in [-0.05, 0) is 93.0 Å². The van der Waals surface area contributed by atoms with Crippen LogP contribution in [0.1, 0.15) is 53.6 Å². The van der Waals surface area contributed by atoms with Crippen LogP contribution in [-0.4, -0.2) is 27.0 Å². The lowest BCUT2D eigenvalue weighted by Crippen LogP contribution is -2.51. The number of ether oxygens (including phenoxy) is 1. The summed E-state index contributed by atoms with van der Waals surface area (Å²) in [4.78, 5) is 13.5. The quantitative estimate of drug-likeness (QED) is 0.530. The minimum Gasteiger partial charge on any atom is -0.476 e. The molecule has 1 aliphatic carbocycles. The summed E-state index contributed by atoms with van der Waals surface area (Å²) in [7, 11) is -3.89. The van der Waals surface area contributed by atoms with Crippen molar-refractivity contribution in [3.63, 3.8) is 0 Å². The third kappa shape index (κ3) is 4.72. The Hall–Kier alpha value is -3.32. The van der Waals surface area contributed by atoms with Gasteiger partial charge in [-0.1, -0.05) is 42.0 Å². The fourth-order valence-corrected chi connectivity index (χ4v) is 6.44. The van der Waals surface area contributed by atoms with Crippen LogP contribution in [0.5, 0.6) is 5.75 Å². The minimum absolute atomic E-state index is 0.102. The molecular formula is C29H32N2O4S.